The standard InChI is InChI=1S/C13H16BrNO/c1-9-4-5-10(8-11(9)14)15-7-6-12(16)13(15,2)3/h4-5,8H,6-7H2,1-3H3. The Kier molecular flexibility index (Phi) is 2.82. The van der Waals surface area contributed by atoms with Crippen LogP contribution in [0.3, 0.4) is 0 Å². The van der Waals surface area contributed by atoms with E-state index in [1.807, 2.05) is 13.8 Å². The summed E-state index contributed by atoms with van der Waals surface area (Å²) in [6.07, 6.45) is 0.651. The number of nitrogens with zero attached hydrogens (tertiary/aromatic N) is 1. The Morgan fingerprint density at radius 1 is 1.38 bits per heavy atom. The highest BCUT2D eigenvalue weighted by Crippen LogP contribution is 2.33. The summed E-state index contributed by atoms with van der Waals surface area (Å²) in [6, 6.07) is 6.26. The SMILES string of the molecule is Cc1ccc(N2CCC(=O)C2(C)C)cc1Br. The smallest absolute Gasteiger partial charge is 0.159 e. The third kappa shape index (κ3) is 1.77. The number of hydrogen-bond acceptors (Lipinski definition) is 2. The summed E-state index contributed by atoms with van der Waals surface area (Å²) in [5.41, 5.74) is 1.97. The van der Waals surface area contributed by atoms with Gasteiger partial charge < -0.3 is 4.90 Å². The zero-order chi connectivity index (χ0) is 11.9. The zero-order valence-electron chi connectivity index (χ0n) is 9.88. The molecule has 0 bridgehead atoms. The topological polar surface area (TPSA) is 20.3 Å². The van der Waals surface area contributed by atoms with Gasteiger partial charge in [-0.2, -0.15) is 0 Å². The van der Waals surface area contributed by atoms with Gasteiger partial charge in [0.15, 0.2) is 5.78 Å². The molecule has 1 heterocycles. The second kappa shape index (κ2) is 3.88. The van der Waals surface area contributed by atoms with Crippen molar-refractivity contribution in [2.75, 3.05) is 11.4 Å². The van der Waals surface area contributed by atoms with Crippen molar-refractivity contribution in [3.05, 3.63) is 28.2 Å². The monoisotopic (exact) mass is 281 g/mol. The maximum Gasteiger partial charge on any atom is 0.159 e. The predicted molar refractivity (Wildman–Crippen MR) is 69.9 cm³/mol. The summed E-state index contributed by atoms with van der Waals surface area (Å²) in [5.74, 6) is 0.323. The second-order valence-electron chi connectivity index (χ2n) is 4.82. The van der Waals surface area contributed by atoms with Crippen LogP contribution in [0.1, 0.15) is 25.8 Å². The van der Waals surface area contributed by atoms with Crippen LogP contribution >= 0.6 is 15.9 Å². The average molecular weight is 282 g/mol. The van der Waals surface area contributed by atoms with Gasteiger partial charge in [-0.25, -0.2) is 0 Å². The number of aryl methyl sites for hydroxylation is 1. The van der Waals surface area contributed by atoms with Crippen LogP contribution in [0, 0.1) is 6.92 Å². The van der Waals surface area contributed by atoms with Gasteiger partial charge in [-0.3, -0.25) is 4.79 Å². The lowest BCUT2D eigenvalue weighted by molar-refractivity contribution is -0.120. The van der Waals surface area contributed by atoms with E-state index in [2.05, 4.69) is 46.0 Å². The van der Waals surface area contributed by atoms with E-state index in [0.29, 0.717) is 12.2 Å². The quantitative estimate of drug-likeness (QED) is 0.787. The van der Waals surface area contributed by atoms with Gasteiger partial charge in [0.05, 0.1) is 5.54 Å². The van der Waals surface area contributed by atoms with Gasteiger partial charge in [-0.15, -0.1) is 0 Å². The van der Waals surface area contributed by atoms with Crippen LogP contribution in [-0.2, 0) is 4.79 Å². The summed E-state index contributed by atoms with van der Waals surface area (Å²) >= 11 is 3.53. The average Bonchev–Trinajstić information content (AvgIpc) is 2.47. The van der Waals surface area contributed by atoms with Crippen LogP contribution < -0.4 is 4.90 Å². The summed E-state index contributed by atoms with van der Waals surface area (Å²) in [6.45, 7) is 6.88. The van der Waals surface area contributed by atoms with Gasteiger partial charge in [0, 0.05) is 23.1 Å². The molecule has 1 saturated heterocycles. The third-order valence-corrected chi connectivity index (χ3v) is 4.24. The zero-order valence-corrected chi connectivity index (χ0v) is 11.5. The summed E-state index contributed by atoms with van der Waals surface area (Å²) in [5, 5.41) is 0. The normalized spacial score (nSPS) is 19.2. The van der Waals surface area contributed by atoms with Crippen molar-refractivity contribution < 1.29 is 4.79 Å². The van der Waals surface area contributed by atoms with E-state index in [1.165, 1.54) is 5.56 Å². The Balaban J connectivity index is 2.38. The molecule has 2 rings (SSSR count). The minimum Gasteiger partial charge on any atom is -0.359 e. The number of Topliss-reactive ketones (excluding diaryl/α,β-unsaturated/α-hetero) is 1. The first-order chi connectivity index (χ1) is 7.43. The Morgan fingerprint density at radius 2 is 2.06 bits per heavy atom. The molecule has 0 N–H and O–H groups in total. The van der Waals surface area contributed by atoms with E-state index in [0.717, 1.165) is 16.7 Å². The van der Waals surface area contributed by atoms with Crippen molar-refractivity contribution in [3.8, 4) is 0 Å². The highest BCUT2D eigenvalue weighted by atomic mass is 79.9. The second-order valence-corrected chi connectivity index (χ2v) is 5.67. The molecule has 3 heteroatoms. The van der Waals surface area contributed by atoms with E-state index in [9.17, 15) is 4.79 Å². The first-order valence-electron chi connectivity index (χ1n) is 5.50. The molecule has 0 aromatic heterocycles. The van der Waals surface area contributed by atoms with E-state index < -0.39 is 0 Å². The van der Waals surface area contributed by atoms with Crippen LogP contribution in [0.5, 0.6) is 0 Å². The third-order valence-electron chi connectivity index (χ3n) is 3.39. The van der Waals surface area contributed by atoms with Crippen molar-refractivity contribution in [1.82, 2.24) is 0 Å². The molecule has 0 spiro atoms. The van der Waals surface area contributed by atoms with Crippen LogP contribution in [0.4, 0.5) is 5.69 Å². The molecule has 1 fully saturated rings. The van der Waals surface area contributed by atoms with E-state index in [4.69, 9.17) is 0 Å². The fourth-order valence-electron chi connectivity index (χ4n) is 2.15. The summed E-state index contributed by atoms with van der Waals surface area (Å²) in [7, 11) is 0. The molecule has 0 unspecified atom stereocenters. The van der Waals surface area contributed by atoms with Crippen molar-refractivity contribution in [2.45, 2.75) is 32.7 Å². The van der Waals surface area contributed by atoms with Crippen LogP contribution in [0.25, 0.3) is 0 Å². The number of carbonyl (C=O) groups is 1. The summed E-state index contributed by atoms with van der Waals surface area (Å²) in [4.78, 5) is 14.0. The Hall–Kier alpha value is -0.830. The number of rotatable bonds is 1. The van der Waals surface area contributed by atoms with Gasteiger partial charge in [0.1, 0.15) is 0 Å². The number of hydrogen-bond donors (Lipinski definition) is 0. The number of carbonyl (C=O) groups excluding carboxylic acids is 1. The first-order valence-corrected chi connectivity index (χ1v) is 6.29. The minimum absolute atomic E-state index is 0.323. The largest absolute Gasteiger partial charge is 0.359 e. The molecule has 2 nitrogen and oxygen atoms in total. The highest BCUT2D eigenvalue weighted by Gasteiger charge is 2.39. The van der Waals surface area contributed by atoms with Crippen molar-refractivity contribution in [3.63, 3.8) is 0 Å². The van der Waals surface area contributed by atoms with E-state index >= 15 is 0 Å². The number of benzene rings is 1. The van der Waals surface area contributed by atoms with Crippen molar-refractivity contribution in [2.24, 2.45) is 0 Å². The molecule has 1 aromatic carbocycles. The maximum atomic E-state index is 11.8. The predicted octanol–water partition coefficient (Wildman–Crippen LogP) is 3.32. The number of anilines is 1. The Bertz CT molecular complexity index is 440. The number of halogens is 1. The van der Waals surface area contributed by atoms with Crippen LogP contribution in [-0.4, -0.2) is 17.9 Å². The van der Waals surface area contributed by atoms with Crippen molar-refractivity contribution >= 4 is 27.4 Å². The molecule has 1 aliphatic heterocycles. The highest BCUT2D eigenvalue weighted by molar-refractivity contribution is 9.10. The Labute approximate surface area is 105 Å². The Morgan fingerprint density at radius 3 is 2.56 bits per heavy atom. The van der Waals surface area contributed by atoms with Gasteiger partial charge in [0.25, 0.3) is 0 Å². The van der Waals surface area contributed by atoms with E-state index in [1.54, 1.807) is 0 Å². The molecular weight excluding hydrogens is 266 g/mol. The molecule has 1 aliphatic rings. The molecular formula is C13H16BrNO. The maximum absolute atomic E-state index is 11.8. The summed E-state index contributed by atoms with van der Waals surface area (Å²) < 4.78 is 1.10. The molecule has 86 valence electrons. The van der Waals surface area contributed by atoms with Gasteiger partial charge in [-0.05, 0) is 38.5 Å². The van der Waals surface area contributed by atoms with Crippen molar-refractivity contribution in [1.29, 1.82) is 0 Å². The van der Waals surface area contributed by atoms with Gasteiger partial charge in [0.2, 0.25) is 0 Å². The van der Waals surface area contributed by atoms with E-state index in [-0.39, 0.29) is 5.54 Å². The molecule has 0 saturated carbocycles. The fourth-order valence-corrected chi connectivity index (χ4v) is 2.52. The molecule has 1 aromatic rings. The molecule has 0 amide bonds. The lowest BCUT2D eigenvalue weighted by Gasteiger charge is -2.32. The lowest BCUT2D eigenvalue weighted by atomic mass is 10.00. The molecule has 0 aliphatic carbocycles. The van der Waals surface area contributed by atoms with Crippen LogP contribution in [0.2, 0.25) is 0 Å². The fraction of sp³-hybridized carbons (Fsp3) is 0.462. The van der Waals surface area contributed by atoms with Crippen LogP contribution in [0.15, 0.2) is 22.7 Å². The molecule has 0 radical (unpaired) electrons. The number of ketones is 1. The lowest BCUT2D eigenvalue weighted by Crippen LogP contribution is -2.42. The molecule has 0 atom stereocenters. The first kappa shape index (κ1) is 11.6. The van der Waals surface area contributed by atoms with Gasteiger partial charge >= 0.3 is 0 Å². The van der Waals surface area contributed by atoms with Gasteiger partial charge in [-0.1, -0.05) is 22.0 Å². The molecule has 16 heavy (non-hydrogen) atoms. The minimum atomic E-state index is -0.366.